The SMILES string of the molecule is CCc1cc2ncc(C(C)N3C[C@H](Oc4ccc(C(=O)NC)nc4)[C@H]3C)cc2[nH]c1=O. The molecule has 1 amide bonds. The molecule has 0 radical (unpaired) electrons. The fourth-order valence-corrected chi connectivity index (χ4v) is 3.96. The largest absolute Gasteiger partial charge is 0.486 e. The second-order valence-corrected chi connectivity index (χ2v) is 7.91. The zero-order valence-electron chi connectivity index (χ0n) is 18.2. The van der Waals surface area contributed by atoms with E-state index in [1.807, 2.05) is 25.3 Å². The molecule has 1 aliphatic heterocycles. The van der Waals surface area contributed by atoms with Gasteiger partial charge in [-0.05, 0) is 50.1 Å². The van der Waals surface area contributed by atoms with Crippen LogP contribution in [0.3, 0.4) is 0 Å². The van der Waals surface area contributed by atoms with Crippen LogP contribution in [0.25, 0.3) is 11.0 Å². The molecule has 0 bridgehead atoms. The average molecular weight is 422 g/mol. The maximum Gasteiger partial charge on any atom is 0.269 e. The highest BCUT2D eigenvalue weighted by atomic mass is 16.5. The molecule has 0 saturated carbocycles. The quantitative estimate of drug-likeness (QED) is 0.634. The van der Waals surface area contributed by atoms with Crippen molar-refractivity contribution in [1.29, 1.82) is 0 Å². The van der Waals surface area contributed by atoms with E-state index in [4.69, 9.17) is 4.74 Å². The van der Waals surface area contributed by atoms with Gasteiger partial charge in [0, 0.05) is 37.4 Å². The molecule has 3 aromatic heterocycles. The predicted octanol–water partition coefficient (Wildman–Crippen LogP) is 2.45. The summed E-state index contributed by atoms with van der Waals surface area (Å²) in [5.41, 5.74) is 3.67. The number of pyridine rings is 3. The van der Waals surface area contributed by atoms with E-state index in [1.54, 1.807) is 25.4 Å². The molecule has 1 aliphatic rings. The van der Waals surface area contributed by atoms with Crippen LogP contribution in [0.2, 0.25) is 0 Å². The molecule has 0 aliphatic carbocycles. The minimum absolute atomic E-state index is 0.0374. The first-order chi connectivity index (χ1) is 14.9. The number of hydrogen-bond acceptors (Lipinski definition) is 6. The van der Waals surface area contributed by atoms with Crippen LogP contribution in [0.4, 0.5) is 0 Å². The predicted molar refractivity (Wildman–Crippen MR) is 118 cm³/mol. The summed E-state index contributed by atoms with van der Waals surface area (Å²) in [5, 5.41) is 2.55. The number of nitrogens with one attached hydrogen (secondary N) is 2. The topological polar surface area (TPSA) is 100 Å². The van der Waals surface area contributed by atoms with Crippen LogP contribution in [0.15, 0.2) is 41.5 Å². The van der Waals surface area contributed by atoms with Gasteiger partial charge >= 0.3 is 0 Å². The van der Waals surface area contributed by atoms with Gasteiger partial charge in [0.05, 0.1) is 17.2 Å². The normalized spacial score (nSPS) is 19.6. The number of aromatic amines is 1. The van der Waals surface area contributed by atoms with Crippen LogP contribution in [0, 0.1) is 0 Å². The monoisotopic (exact) mass is 421 g/mol. The summed E-state index contributed by atoms with van der Waals surface area (Å²) in [4.78, 5) is 37.8. The number of nitrogens with zero attached hydrogens (tertiary/aromatic N) is 3. The van der Waals surface area contributed by atoms with Crippen molar-refractivity contribution < 1.29 is 9.53 Å². The van der Waals surface area contributed by atoms with Gasteiger partial charge in [0.2, 0.25) is 0 Å². The highest BCUT2D eigenvalue weighted by Crippen LogP contribution is 2.33. The second-order valence-electron chi connectivity index (χ2n) is 7.91. The molecular formula is C23H27N5O3. The van der Waals surface area contributed by atoms with Crippen molar-refractivity contribution in [2.24, 2.45) is 0 Å². The van der Waals surface area contributed by atoms with E-state index >= 15 is 0 Å². The molecule has 31 heavy (non-hydrogen) atoms. The maximum absolute atomic E-state index is 12.2. The lowest BCUT2D eigenvalue weighted by Gasteiger charge is -2.49. The molecular weight excluding hydrogens is 394 g/mol. The number of aryl methyl sites for hydroxylation is 1. The number of ether oxygens (including phenoxy) is 1. The molecule has 0 aromatic carbocycles. The lowest BCUT2D eigenvalue weighted by Crippen LogP contribution is -2.61. The summed E-state index contributed by atoms with van der Waals surface area (Å²) < 4.78 is 6.06. The number of likely N-dealkylation sites (tertiary alicyclic amines) is 1. The Morgan fingerprint density at radius 3 is 2.77 bits per heavy atom. The van der Waals surface area contributed by atoms with E-state index in [9.17, 15) is 9.59 Å². The number of H-pyrrole nitrogens is 1. The first kappa shape index (κ1) is 21.0. The highest BCUT2D eigenvalue weighted by molar-refractivity contribution is 5.92. The summed E-state index contributed by atoms with van der Waals surface area (Å²) >= 11 is 0. The number of rotatable bonds is 6. The standard InChI is InChI=1S/C23H27N5O3/c1-5-15-8-19-20(27-22(15)29)9-16(10-25-19)13(2)28-12-21(14(28)3)31-17-6-7-18(26-11-17)23(30)24-4/h6-11,13-14,21H,5,12H2,1-4H3,(H,24,30)(H,27,29)/t13?,14-,21+/m1/s1. The molecule has 1 unspecified atom stereocenters. The molecule has 162 valence electrons. The molecule has 8 heteroatoms. The Labute approximate surface area is 180 Å². The van der Waals surface area contributed by atoms with Crippen molar-refractivity contribution in [3.05, 3.63) is 63.8 Å². The van der Waals surface area contributed by atoms with Crippen molar-refractivity contribution in [3.8, 4) is 5.75 Å². The van der Waals surface area contributed by atoms with Gasteiger partial charge in [-0.2, -0.15) is 0 Å². The average Bonchev–Trinajstić information content (AvgIpc) is 2.79. The first-order valence-electron chi connectivity index (χ1n) is 10.5. The fraction of sp³-hybridized carbons (Fsp3) is 0.391. The molecule has 0 spiro atoms. The third-order valence-corrected chi connectivity index (χ3v) is 6.09. The van der Waals surface area contributed by atoms with Crippen molar-refractivity contribution in [2.75, 3.05) is 13.6 Å². The minimum atomic E-state index is -0.222. The van der Waals surface area contributed by atoms with E-state index in [-0.39, 0.29) is 29.7 Å². The zero-order chi connectivity index (χ0) is 22.1. The molecule has 3 atom stereocenters. The lowest BCUT2D eigenvalue weighted by atomic mass is 9.95. The van der Waals surface area contributed by atoms with E-state index < -0.39 is 0 Å². The molecule has 1 saturated heterocycles. The Kier molecular flexibility index (Phi) is 5.73. The first-order valence-corrected chi connectivity index (χ1v) is 10.5. The van der Waals surface area contributed by atoms with E-state index in [0.717, 1.165) is 28.7 Å². The maximum atomic E-state index is 12.2. The molecule has 2 N–H and O–H groups in total. The second kappa shape index (κ2) is 8.47. The third-order valence-electron chi connectivity index (χ3n) is 6.09. The molecule has 8 nitrogen and oxygen atoms in total. The molecule has 4 heterocycles. The highest BCUT2D eigenvalue weighted by Gasteiger charge is 2.40. The fourth-order valence-electron chi connectivity index (χ4n) is 3.96. The van der Waals surface area contributed by atoms with Gasteiger partial charge in [-0.3, -0.25) is 19.5 Å². The van der Waals surface area contributed by atoms with Gasteiger partial charge in [-0.25, -0.2) is 4.98 Å². The molecule has 4 rings (SSSR count). The summed E-state index contributed by atoms with van der Waals surface area (Å²) in [5.74, 6) is 0.424. The van der Waals surface area contributed by atoms with E-state index in [2.05, 4.69) is 39.0 Å². The Hall–Kier alpha value is -3.26. The Balaban J connectivity index is 1.43. The number of fused-ring (bicyclic) bond motifs is 1. The van der Waals surface area contributed by atoms with Gasteiger partial charge in [0.25, 0.3) is 11.5 Å². The van der Waals surface area contributed by atoms with Crippen molar-refractivity contribution >= 4 is 16.9 Å². The Morgan fingerprint density at radius 2 is 2.13 bits per heavy atom. The van der Waals surface area contributed by atoms with Crippen LogP contribution in [0.5, 0.6) is 5.75 Å². The van der Waals surface area contributed by atoms with Gasteiger partial charge < -0.3 is 15.0 Å². The lowest BCUT2D eigenvalue weighted by molar-refractivity contribution is -0.0596. The number of hydrogen-bond donors (Lipinski definition) is 2. The smallest absolute Gasteiger partial charge is 0.269 e. The van der Waals surface area contributed by atoms with Crippen LogP contribution < -0.4 is 15.6 Å². The van der Waals surface area contributed by atoms with Gasteiger partial charge in [0.15, 0.2) is 0 Å². The van der Waals surface area contributed by atoms with Crippen molar-refractivity contribution in [2.45, 2.75) is 45.4 Å². The van der Waals surface area contributed by atoms with Gasteiger partial charge in [0.1, 0.15) is 17.5 Å². The van der Waals surface area contributed by atoms with Crippen LogP contribution in [-0.2, 0) is 6.42 Å². The number of aromatic nitrogens is 3. The molecule has 1 fully saturated rings. The number of amides is 1. The van der Waals surface area contributed by atoms with Crippen LogP contribution >= 0.6 is 0 Å². The number of carbonyl (C=O) groups excluding carboxylic acids is 1. The van der Waals surface area contributed by atoms with Gasteiger partial charge in [-0.1, -0.05) is 6.92 Å². The Morgan fingerprint density at radius 1 is 1.32 bits per heavy atom. The van der Waals surface area contributed by atoms with Crippen LogP contribution in [-0.4, -0.2) is 51.5 Å². The minimum Gasteiger partial charge on any atom is -0.486 e. The van der Waals surface area contributed by atoms with Crippen LogP contribution in [0.1, 0.15) is 48.4 Å². The number of carbonyl (C=O) groups is 1. The Bertz CT molecular complexity index is 1160. The van der Waals surface area contributed by atoms with E-state index in [1.165, 1.54) is 0 Å². The summed E-state index contributed by atoms with van der Waals surface area (Å²) in [6, 6.07) is 7.63. The van der Waals surface area contributed by atoms with E-state index in [0.29, 0.717) is 17.9 Å². The van der Waals surface area contributed by atoms with Crippen molar-refractivity contribution in [1.82, 2.24) is 25.2 Å². The van der Waals surface area contributed by atoms with Crippen molar-refractivity contribution in [3.63, 3.8) is 0 Å². The summed E-state index contributed by atoms with van der Waals surface area (Å²) in [7, 11) is 1.57. The molecule has 3 aromatic rings. The van der Waals surface area contributed by atoms with Gasteiger partial charge in [-0.15, -0.1) is 0 Å². The zero-order valence-corrected chi connectivity index (χ0v) is 18.2. The summed E-state index contributed by atoms with van der Waals surface area (Å²) in [6.45, 7) is 6.99. The summed E-state index contributed by atoms with van der Waals surface area (Å²) in [6.07, 6.45) is 4.18. The third kappa shape index (κ3) is 4.03.